The Kier molecular flexibility index (Phi) is 13.1. The molecular formula is C28H41ClFN7O10P2. The van der Waals surface area contributed by atoms with E-state index < -0.39 is 64.9 Å². The van der Waals surface area contributed by atoms with Crippen LogP contribution in [-0.2, 0) is 38.7 Å². The molecule has 0 aliphatic carbocycles. The Bertz CT molecular complexity index is 1700. The van der Waals surface area contributed by atoms with Gasteiger partial charge in [-0.25, -0.2) is 18.5 Å². The second-order valence-electron chi connectivity index (χ2n) is 11.4. The van der Waals surface area contributed by atoms with E-state index in [1.807, 2.05) is 13.8 Å². The average Bonchev–Trinajstić information content (AvgIpc) is 3.56. The van der Waals surface area contributed by atoms with Gasteiger partial charge in [-0.05, 0) is 63.5 Å². The largest absolute Gasteiger partial charge is 0.481 e. The van der Waals surface area contributed by atoms with Gasteiger partial charge < -0.3 is 34.6 Å². The van der Waals surface area contributed by atoms with E-state index in [9.17, 15) is 23.9 Å². The number of imidazole rings is 1. The molecule has 1 saturated heterocycles. The van der Waals surface area contributed by atoms with Crippen LogP contribution in [0.4, 0.5) is 10.2 Å². The van der Waals surface area contributed by atoms with Crippen LogP contribution in [-0.4, -0.2) is 97.2 Å². The molecule has 0 amide bonds. The van der Waals surface area contributed by atoms with Gasteiger partial charge in [-0.1, -0.05) is 32.0 Å². The highest BCUT2D eigenvalue weighted by Gasteiger charge is 2.48. The predicted octanol–water partition coefficient (Wildman–Crippen LogP) is 3.79. The molecule has 2 aromatic heterocycles. The van der Waals surface area contributed by atoms with E-state index >= 15 is 4.39 Å². The van der Waals surface area contributed by atoms with Crippen molar-refractivity contribution in [2.75, 3.05) is 32.0 Å². The van der Waals surface area contributed by atoms with Crippen molar-refractivity contribution in [3.8, 4) is 5.75 Å². The molecule has 1 aromatic carbocycles. The molecule has 1 fully saturated rings. The third-order valence-corrected chi connectivity index (χ3v) is 10.9. The maximum absolute atomic E-state index is 15.3. The van der Waals surface area contributed by atoms with Gasteiger partial charge in [0.2, 0.25) is 5.28 Å². The van der Waals surface area contributed by atoms with Crippen molar-refractivity contribution < 1.29 is 51.1 Å². The monoisotopic (exact) mass is 751 g/mol. The minimum atomic E-state index is -5.35. The maximum atomic E-state index is 15.3. The third kappa shape index (κ3) is 9.94. The lowest BCUT2D eigenvalue weighted by Gasteiger charge is -2.26. The number of alkyl halides is 1. The number of phosphoric ester groups is 1. The zero-order valence-electron chi connectivity index (χ0n) is 27.5. The highest BCUT2D eigenvalue weighted by molar-refractivity contribution is 7.63. The number of hydrogen-bond acceptors (Lipinski definition) is 14. The summed E-state index contributed by atoms with van der Waals surface area (Å²) in [5.41, 5.74) is 6.54. The van der Waals surface area contributed by atoms with Gasteiger partial charge in [-0.15, -0.1) is 0 Å². The second-order valence-corrected chi connectivity index (χ2v) is 15.0. The fraction of sp³-hybridized carbons (Fsp3) is 0.571. The molecule has 0 spiro atoms. The summed E-state index contributed by atoms with van der Waals surface area (Å²) in [5.74, 6) is -0.849. The summed E-state index contributed by atoms with van der Waals surface area (Å²) >= 11 is 5.89. The standard InChI is InChI=1S/C28H41ClFN7O10P2/c1-6-36(7-2)13-12-18-10-8-9-11-19(18)46-48(40,35-17(5)27(39)44-16(3)4)47-49(41,42)43-14-20-23(38)21(30)26(45-20)37-15-32-22-24(31)33-28(29)34-25(22)37/h8-11,15-17,20-21,23,26,38H,6-7,12-14H2,1-5H3,(H,35,40)(H,41,42)(H2,31,33,34)/t17-,20+,21?,23?,26+,48?/m0/s1. The second kappa shape index (κ2) is 16.5. The first-order valence-electron chi connectivity index (χ1n) is 15.5. The smallest absolute Gasteiger partial charge is 0.462 e. The van der Waals surface area contributed by atoms with E-state index in [-0.39, 0.29) is 28.0 Å². The highest BCUT2D eigenvalue weighted by atomic mass is 35.5. The number of benzene rings is 1. The van der Waals surface area contributed by atoms with Crippen LogP contribution in [0.25, 0.3) is 11.2 Å². The number of nitrogens with two attached hydrogens (primary N) is 1. The number of likely N-dealkylation sites (N-methyl/N-ethyl adjacent to an activating group) is 1. The van der Waals surface area contributed by atoms with Crippen LogP contribution in [0.2, 0.25) is 5.28 Å². The number of phosphoric acid groups is 1. The zero-order valence-corrected chi connectivity index (χ0v) is 30.1. The molecule has 1 aliphatic heterocycles. The van der Waals surface area contributed by atoms with Gasteiger partial charge in [-0.2, -0.15) is 19.4 Å². The van der Waals surface area contributed by atoms with Crippen molar-refractivity contribution in [3.63, 3.8) is 0 Å². The van der Waals surface area contributed by atoms with Crippen molar-refractivity contribution in [1.82, 2.24) is 29.5 Å². The molecule has 17 nitrogen and oxygen atoms in total. The average molecular weight is 752 g/mol. The molecule has 49 heavy (non-hydrogen) atoms. The van der Waals surface area contributed by atoms with Gasteiger partial charge >= 0.3 is 21.5 Å². The summed E-state index contributed by atoms with van der Waals surface area (Å²) in [6.07, 6.45) is -5.88. The summed E-state index contributed by atoms with van der Waals surface area (Å²) in [4.78, 5) is 37.3. The van der Waals surface area contributed by atoms with Crippen LogP contribution in [0, 0.1) is 0 Å². The minimum Gasteiger partial charge on any atom is -0.462 e. The number of aliphatic hydroxyl groups is 1. The fourth-order valence-corrected chi connectivity index (χ4v) is 8.10. The molecule has 0 saturated carbocycles. The molecule has 4 unspecified atom stereocenters. The Balaban J connectivity index is 1.52. The van der Waals surface area contributed by atoms with Crippen molar-refractivity contribution in [1.29, 1.82) is 0 Å². The first-order valence-corrected chi connectivity index (χ1v) is 18.9. The van der Waals surface area contributed by atoms with Gasteiger partial charge in [0.25, 0.3) is 0 Å². The molecule has 0 bridgehead atoms. The number of nitrogen functional groups attached to an aromatic ring is 1. The summed E-state index contributed by atoms with van der Waals surface area (Å²) < 4.78 is 70.4. The number of halogens is 2. The van der Waals surface area contributed by atoms with Gasteiger partial charge in [0, 0.05) is 6.54 Å². The van der Waals surface area contributed by atoms with Crippen LogP contribution in [0.15, 0.2) is 30.6 Å². The van der Waals surface area contributed by atoms with Crippen LogP contribution in [0.5, 0.6) is 5.75 Å². The molecule has 5 N–H and O–H groups in total. The highest BCUT2D eigenvalue weighted by Crippen LogP contribution is 2.61. The Morgan fingerprint density at radius 3 is 2.59 bits per heavy atom. The number of nitrogens with zero attached hydrogens (tertiary/aromatic N) is 5. The fourth-order valence-electron chi connectivity index (χ4n) is 4.93. The van der Waals surface area contributed by atoms with E-state index in [0.29, 0.717) is 18.5 Å². The first-order chi connectivity index (χ1) is 23.1. The van der Waals surface area contributed by atoms with Crippen LogP contribution < -0.4 is 15.3 Å². The summed E-state index contributed by atoms with van der Waals surface area (Å²) in [6, 6.07) is 5.24. The van der Waals surface area contributed by atoms with Crippen LogP contribution in [0.1, 0.15) is 46.4 Å². The lowest BCUT2D eigenvalue weighted by atomic mass is 10.1. The van der Waals surface area contributed by atoms with E-state index in [0.717, 1.165) is 24.0 Å². The molecule has 7 atom stereocenters. The number of hydrogen-bond donors (Lipinski definition) is 4. The van der Waals surface area contributed by atoms with Gasteiger partial charge in [0.05, 0.1) is 19.0 Å². The van der Waals surface area contributed by atoms with Gasteiger partial charge in [0.15, 0.2) is 23.9 Å². The lowest BCUT2D eigenvalue weighted by molar-refractivity contribution is -0.149. The number of fused-ring (bicyclic) bond motifs is 1. The number of para-hydroxylation sites is 1. The van der Waals surface area contributed by atoms with Crippen molar-refractivity contribution in [2.24, 2.45) is 0 Å². The molecule has 21 heteroatoms. The van der Waals surface area contributed by atoms with Gasteiger partial charge in [-0.3, -0.25) is 13.9 Å². The van der Waals surface area contributed by atoms with Gasteiger partial charge in [0.1, 0.15) is 29.5 Å². The number of aliphatic hydroxyl groups excluding tert-OH is 1. The quantitative estimate of drug-likeness (QED) is 0.0875. The Hall–Kier alpha value is -2.76. The summed E-state index contributed by atoms with van der Waals surface area (Å²) in [7, 11) is -10.3. The molecule has 0 radical (unpaired) electrons. The number of carbonyl (C=O) groups excluding carboxylic acids is 1. The van der Waals surface area contributed by atoms with Crippen molar-refractivity contribution >= 4 is 50.1 Å². The Morgan fingerprint density at radius 2 is 1.92 bits per heavy atom. The molecular weight excluding hydrogens is 711 g/mol. The molecule has 3 heterocycles. The SMILES string of the molecule is CCN(CC)CCc1ccccc1OP(=O)(N[C@@H](C)C(=O)OC(C)C)OP(=O)(O)OC[C@H]1O[C@@H](n2cnc3c(N)nc(Cl)nc32)C(F)C1O. The molecule has 272 valence electrons. The minimum absolute atomic E-state index is 0.0155. The first kappa shape index (κ1) is 39.0. The van der Waals surface area contributed by atoms with E-state index in [2.05, 4.69) is 24.9 Å². The number of carbonyl (C=O) groups is 1. The third-order valence-electron chi connectivity index (χ3n) is 7.44. The number of ether oxygens (including phenoxy) is 2. The van der Waals surface area contributed by atoms with Crippen molar-refractivity contribution in [2.45, 2.75) is 77.8 Å². The van der Waals surface area contributed by atoms with E-state index in [4.69, 9.17) is 40.2 Å². The Labute approximate surface area is 287 Å². The van der Waals surface area contributed by atoms with Crippen molar-refractivity contribution in [3.05, 3.63) is 41.4 Å². The number of nitrogens with one attached hydrogen (secondary N) is 1. The number of rotatable bonds is 17. The molecule has 1 aliphatic rings. The normalized spacial score (nSPS) is 22.7. The van der Waals surface area contributed by atoms with E-state index in [1.165, 1.54) is 13.0 Å². The Morgan fingerprint density at radius 1 is 1.22 bits per heavy atom. The van der Waals surface area contributed by atoms with E-state index in [1.54, 1.807) is 32.0 Å². The summed E-state index contributed by atoms with van der Waals surface area (Å²) in [6.45, 7) is 9.87. The zero-order chi connectivity index (χ0) is 36.1. The van der Waals surface area contributed by atoms with Crippen LogP contribution in [0.3, 0.4) is 0 Å². The summed E-state index contributed by atoms with van der Waals surface area (Å²) in [5, 5.41) is 12.7. The maximum Gasteiger partial charge on any atom is 0.481 e. The number of aromatic nitrogens is 4. The number of anilines is 1. The van der Waals surface area contributed by atoms with Crippen LogP contribution >= 0.6 is 27.2 Å². The predicted molar refractivity (Wildman–Crippen MR) is 176 cm³/mol. The number of esters is 1. The lowest BCUT2D eigenvalue weighted by Crippen LogP contribution is -2.36. The topological polar surface area (TPSA) is 223 Å². The molecule has 4 rings (SSSR count). The molecule has 3 aromatic rings.